The molecule has 5 nitrogen and oxygen atoms in total. The van der Waals surface area contributed by atoms with Gasteiger partial charge in [0.15, 0.2) is 15.9 Å². The molecule has 0 spiro atoms. The number of amides is 1. The van der Waals surface area contributed by atoms with Gasteiger partial charge < -0.3 is 9.64 Å². The average Bonchev–Trinajstić information content (AvgIpc) is 2.45. The van der Waals surface area contributed by atoms with Crippen molar-refractivity contribution in [3.63, 3.8) is 0 Å². The van der Waals surface area contributed by atoms with Crippen molar-refractivity contribution in [3.05, 3.63) is 24.3 Å². The van der Waals surface area contributed by atoms with Gasteiger partial charge in [0.05, 0.1) is 4.90 Å². The molecule has 0 aromatic heterocycles. The van der Waals surface area contributed by atoms with Crippen LogP contribution in [-0.4, -0.2) is 44.7 Å². The zero-order valence-electron chi connectivity index (χ0n) is 14.2. The van der Waals surface area contributed by atoms with Crippen LogP contribution in [0.3, 0.4) is 0 Å². The second-order valence-electron chi connectivity index (χ2n) is 6.69. The fourth-order valence-corrected chi connectivity index (χ4v) is 3.75. The molecule has 3 unspecified atom stereocenters. The Morgan fingerprint density at radius 3 is 2.17 bits per heavy atom. The molecular formula is C17H25NO4S. The van der Waals surface area contributed by atoms with Crippen molar-refractivity contribution in [2.45, 2.75) is 38.2 Å². The second kappa shape index (κ2) is 6.91. The van der Waals surface area contributed by atoms with Crippen molar-refractivity contribution < 1.29 is 17.9 Å². The lowest BCUT2D eigenvalue weighted by Crippen LogP contribution is -2.47. The zero-order valence-corrected chi connectivity index (χ0v) is 15.0. The van der Waals surface area contributed by atoms with Crippen molar-refractivity contribution in [2.24, 2.45) is 11.8 Å². The normalized spacial score (nSPS) is 23.4. The molecule has 23 heavy (non-hydrogen) atoms. The summed E-state index contributed by atoms with van der Waals surface area (Å²) in [4.78, 5) is 14.6. The topological polar surface area (TPSA) is 63.7 Å². The summed E-state index contributed by atoms with van der Waals surface area (Å²) >= 11 is 0. The highest BCUT2D eigenvalue weighted by molar-refractivity contribution is 7.90. The van der Waals surface area contributed by atoms with Gasteiger partial charge in [-0.15, -0.1) is 0 Å². The summed E-state index contributed by atoms with van der Waals surface area (Å²) in [5.74, 6) is 1.49. The van der Waals surface area contributed by atoms with Crippen LogP contribution in [0, 0.1) is 11.8 Å². The van der Waals surface area contributed by atoms with Crippen molar-refractivity contribution in [1.29, 1.82) is 0 Å². The van der Waals surface area contributed by atoms with Crippen LogP contribution in [0.1, 0.15) is 27.2 Å². The molecule has 128 valence electrons. The fourth-order valence-electron chi connectivity index (χ4n) is 3.12. The van der Waals surface area contributed by atoms with Crippen molar-refractivity contribution in [3.8, 4) is 5.75 Å². The molecule has 1 amide bonds. The largest absolute Gasteiger partial charge is 0.481 e. The lowest BCUT2D eigenvalue weighted by Gasteiger charge is -2.36. The first-order chi connectivity index (χ1) is 10.7. The van der Waals surface area contributed by atoms with Crippen LogP contribution in [-0.2, 0) is 14.6 Å². The van der Waals surface area contributed by atoms with E-state index in [1.807, 2.05) is 4.90 Å². The maximum Gasteiger partial charge on any atom is 0.263 e. The first-order valence-corrected chi connectivity index (χ1v) is 9.81. The second-order valence-corrected chi connectivity index (χ2v) is 8.71. The molecule has 1 aliphatic rings. The highest BCUT2D eigenvalue weighted by Crippen LogP contribution is 2.23. The number of carbonyl (C=O) groups is 1. The number of carbonyl (C=O) groups excluding carboxylic acids is 1. The summed E-state index contributed by atoms with van der Waals surface area (Å²) in [5.41, 5.74) is 0. The lowest BCUT2D eigenvalue weighted by atomic mass is 9.91. The average molecular weight is 339 g/mol. The number of rotatable bonds is 4. The van der Waals surface area contributed by atoms with Crippen LogP contribution in [0.4, 0.5) is 0 Å². The van der Waals surface area contributed by atoms with E-state index >= 15 is 0 Å². The smallest absolute Gasteiger partial charge is 0.263 e. The molecule has 1 aromatic rings. The minimum absolute atomic E-state index is 0.0180. The van der Waals surface area contributed by atoms with Crippen LogP contribution in [0.5, 0.6) is 5.75 Å². The summed E-state index contributed by atoms with van der Waals surface area (Å²) in [6, 6.07) is 6.16. The van der Waals surface area contributed by atoms with E-state index in [0.717, 1.165) is 25.8 Å². The molecule has 0 radical (unpaired) electrons. The lowest BCUT2D eigenvalue weighted by molar-refractivity contribution is -0.140. The zero-order chi connectivity index (χ0) is 17.2. The van der Waals surface area contributed by atoms with E-state index in [9.17, 15) is 13.2 Å². The predicted molar refractivity (Wildman–Crippen MR) is 89.2 cm³/mol. The minimum Gasteiger partial charge on any atom is -0.481 e. The standard InChI is InChI=1S/C17H25NO4S/c1-12-9-13(2)11-18(10-12)17(19)14(3)22-15-5-7-16(8-6-15)23(4,20)21/h5-8,12-14H,9-11H2,1-4H3. The van der Waals surface area contributed by atoms with Gasteiger partial charge in [0.25, 0.3) is 5.91 Å². The number of likely N-dealkylation sites (tertiary alicyclic amines) is 1. The SMILES string of the molecule is CC1CC(C)CN(C(=O)C(C)Oc2ccc(S(C)(=O)=O)cc2)C1. The number of ether oxygens (including phenoxy) is 1. The van der Waals surface area contributed by atoms with Gasteiger partial charge in [-0.2, -0.15) is 0 Å². The van der Waals surface area contributed by atoms with Crippen molar-refractivity contribution in [1.82, 2.24) is 4.90 Å². The van der Waals surface area contributed by atoms with Crippen LogP contribution in [0.15, 0.2) is 29.2 Å². The molecule has 0 bridgehead atoms. The van der Waals surface area contributed by atoms with E-state index in [0.29, 0.717) is 17.6 Å². The van der Waals surface area contributed by atoms with Gasteiger partial charge in [0.2, 0.25) is 0 Å². The van der Waals surface area contributed by atoms with Crippen LogP contribution in [0.2, 0.25) is 0 Å². The Morgan fingerprint density at radius 1 is 1.17 bits per heavy atom. The number of nitrogens with zero attached hydrogens (tertiary/aromatic N) is 1. The van der Waals surface area contributed by atoms with Gasteiger partial charge >= 0.3 is 0 Å². The number of benzene rings is 1. The fraction of sp³-hybridized carbons (Fsp3) is 0.588. The van der Waals surface area contributed by atoms with E-state index in [1.165, 1.54) is 12.1 Å². The van der Waals surface area contributed by atoms with E-state index in [-0.39, 0.29) is 10.8 Å². The molecule has 2 rings (SSSR count). The Balaban J connectivity index is 2.01. The van der Waals surface area contributed by atoms with Gasteiger partial charge in [-0.25, -0.2) is 8.42 Å². The van der Waals surface area contributed by atoms with Gasteiger partial charge in [-0.3, -0.25) is 4.79 Å². The molecule has 1 heterocycles. The molecule has 6 heteroatoms. The van der Waals surface area contributed by atoms with E-state index in [4.69, 9.17) is 4.74 Å². The first-order valence-electron chi connectivity index (χ1n) is 7.92. The van der Waals surface area contributed by atoms with Gasteiger partial charge in [-0.1, -0.05) is 13.8 Å². The highest BCUT2D eigenvalue weighted by Gasteiger charge is 2.29. The minimum atomic E-state index is -3.22. The van der Waals surface area contributed by atoms with Crippen molar-refractivity contribution >= 4 is 15.7 Å². The van der Waals surface area contributed by atoms with E-state index in [1.54, 1.807) is 19.1 Å². The van der Waals surface area contributed by atoms with E-state index < -0.39 is 15.9 Å². The number of hydrogen-bond acceptors (Lipinski definition) is 4. The molecule has 1 saturated heterocycles. The third-order valence-electron chi connectivity index (χ3n) is 4.09. The Kier molecular flexibility index (Phi) is 5.34. The molecule has 1 fully saturated rings. The Bertz CT molecular complexity index is 644. The van der Waals surface area contributed by atoms with Crippen LogP contribution >= 0.6 is 0 Å². The maximum atomic E-state index is 12.5. The molecule has 0 aliphatic carbocycles. The molecule has 0 saturated carbocycles. The quantitative estimate of drug-likeness (QED) is 0.845. The van der Waals surface area contributed by atoms with E-state index in [2.05, 4.69) is 13.8 Å². The Hall–Kier alpha value is -1.56. The molecule has 1 aliphatic heterocycles. The summed E-state index contributed by atoms with van der Waals surface area (Å²) < 4.78 is 28.6. The number of piperidine rings is 1. The highest BCUT2D eigenvalue weighted by atomic mass is 32.2. The summed E-state index contributed by atoms with van der Waals surface area (Å²) in [6.07, 6.45) is 1.72. The predicted octanol–water partition coefficient (Wildman–Crippen LogP) is 2.36. The summed E-state index contributed by atoms with van der Waals surface area (Å²) in [6.45, 7) is 7.58. The van der Waals surface area contributed by atoms with Gasteiger partial charge in [-0.05, 0) is 49.4 Å². The van der Waals surface area contributed by atoms with Crippen LogP contribution < -0.4 is 4.74 Å². The maximum absolute atomic E-state index is 12.5. The third kappa shape index (κ3) is 4.70. The Morgan fingerprint density at radius 2 is 1.70 bits per heavy atom. The van der Waals surface area contributed by atoms with Gasteiger partial charge in [0, 0.05) is 19.3 Å². The number of hydrogen-bond donors (Lipinski definition) is 0. The van der Waals surface area contributed by atoms with Crippen molar-refractivity contribution in [2.75, 3.05) is 19.3 Å². The molecular weight excluding hydrogens is 314 g/mol. The first kappa shape index (κ1) is 17.8. The molecule has 3 atom stereocenters. The summed E-state index contributed by atoms with van der Waals surface area (Å²) in [7, 11) is -3.22. The van der Waals surface area contributed by atoms with Gasteiger partial charge in [0.1, 0.15) is 5.75 Å². The molecule has 1 aromatic carbocycles. The number of sulfone groups is 1. The molecule has 0 N–H and O–H groups in total. The summed E-state index contributed by atoms with van der Waals surface area (Å²) in [5, 5.41) is 0. The van der Waals surface area contributed by atoms with Crippen LogP contribution in [0.25, 0.3) is 0 Å². The third-order valence-corrected chi connectivity index (χ3v) is 5.22. The monoisotopic (exact) mass is 339 g/mol. The Labute approximate surface area is 138 Å².